The Balaban J connectivity index is 1.79. The first-order valence-electron chi connectivity index (χ1n) is 6.75. The first-order chi connectivity index (χ1) is 8.33. The van der Waals surface area contributed by atoms with Gasteiger partial charge in [0.1, 0.15) is 5.75 Å². The Bertz CT molecular complexity index is 396. The molecule has 17 heavy (non-hydrogen) atoms. The second-order valence-corrected chi connectivity index (χ2v) is 5.66. The van der Waals surface area contributed by atoms with Crippen LogP contribution in [0, 0.1) is 5.41 Å². The Morgan fingerprint density at radius 2 is 2.00 bits per heavy atom. The van der Waals surface area contributed by atoms with Crippen LogP contribution in [0.3, 0.4) is 0 Å². The van der Waals surface area contributed by atoms with Crippen LogP contribution in [0.25, 0.3) is 0 Å². The number of hydrogen-bond acceptors (Lipinski definition) is 2. The molecule has 2 heteroatoms. The molecule has 1 aromatic rings. The van der Waals surface area contributed by atoms with E-state index in [0.717, 1.165) is 18.9 Å². The van der Waals surface area contributed by atoms with Gasteiger partial charge >= 0.3 is 0 Å². The van der Waals surface area contributed by atoms with Crippen molar-refractivity contribution < 1.29 is 4.74 Å². The zero-order valence-corrected chi connectivity index (χ0v) is 10.3. The van der Waals surface area contributed by atoms with Gasteiger partial charge in [-0.3, -0.25) is 0 Å². The lowest BCUT2D eigenvalue weighted by molar-refractivity contribution is 0.231. The fourth-order valence-corrected chi connectivity index (χ4v) is 3.54. The smallest absolute Gasteiger partial charge is 0.122 e. The third-order valence-corrected chi connectivity index (χ3v) is 4.58. The van der Waals surface area contributed by atoms with E-state index in [2.05, 4.69) is 24.3 Å². The van der Waals surface area contributed by atoms with E-state index in [4.69, 9.17) is 10.5 Å². The molecule has 0 radical (unpaired) electrons. The Kier molecular flexibility index (Phi) is 2.83. The van der Waals surface area contributed by atoms with E-state index in [-0.39, 0.29) is 0 Å². The van der Waals surface area contributed by atoms with Crippen LogP contribution in [-0.4, -0.2) is 13.2 Å². The summed E-state index contributed by atoms with van der Waals surface area (Å²) in [6.45, 7) is 1.69. The zero-order chi connectivity index (χ0) is 11.7. The van der Waals surface area contributed by atoms with Crippen molar-refractivity contribution in [2.75, 3.05) is 13.2 Å². The number of para-hydroxylation sites is 1. The summed E-state index contributed by atoms with van der Waals surface area (Å²) in [5, 5.41) is 0. The first kappa shape index (κ1) is 11.1. The van der Waals surface area contributed by atoms with Gasteiger partial charge in [0.15, 0.2) is 0 Å². The molecule has 1 aliphatic heterocycles. The maximum absolute atomic E-state index is 6.03. The average Bonchev–Trinajstić information content (AvgIpc) is 2.99. The highest BCUT2D eigenvalue weighted by atomic mass is 16.5. The van der Waals surface area contributed by atoms with E-state index in [1.165, 1.54) is 37.7 Å². The van der Waals surface area contributed by atoms with Crippen LogP contribution in [0.15, 0.2) is 24.3 Å². The Labute approximate surface area is 103 Å². The Hall–Kier alpha value is -1.02. The largest absolute Gasteiger partial charge is 0.493 e. The topological polar surface area (TPSA) is 35.2 Å². The molecule has 0 aromatic heterocycles. The van der Waals surface area contributed by atoms with E-state index in [9.17, 15) is 0 Å². The number of rotatable bonds is 3. The van der Waals surface area contributed by atoms with Crippen molar-refractivity contribution in [2.45, 2.75) is 38.0 Å². The highest BCUT2D eigenvalue weighted by Crippen LogP contribution is 2.47. The van der Waals surface area contributed by atoms with Crippen molar-refractivity contribution in [1.82, 2.24) is 0 Å². The summed E-state index contributed by atoms with van der Waals surface area (Å²) in [6.07, 6.45) is 6.53. The van der Waals surface area contributed by atoms with Gasteiger partial charge in [0.2, 0.25) is 0 Å². The van der Waals surface area contributed by atoms with Gasteiger partial charge in [0.05, 0.1) is 6.61 Å². The van der Waals surface area contributed by atoms with Crippen molar-refractivity contribution in [1.29, 1.82) is 0 Å². The van der Waals surface area contributed by atoms with E-state index in [1.54, 1.807) is 0 Å². The standard InChI is InChI=1S/C15H21NO/c16-11-15(7-3-4-8-15)9-12-10-17-14-6-2-1-5-13(12)14/h1-2,5-6,12H,3-4,7-11,16H2. The molecule has 2 nitrogen and oxygen atoms in total. The number of fused-ring (bicyclic) bond motifs is 1. The molecular weight excluding hydrogens is 210 g/mol. The third kappa shape index (κ3) is 1.95. The molecular formula is C15H21NO. The molecule has 92 valence electrons. The van der Waals surface area contributed by atoms with E-state index in [0.29, 0.717) is 11.3 Å². The molecule has 0 saturated heterocycles. The number of benzene rings is 1. The minimum atomic E-state index is 0.394. The zero-order valence-electron chi connectivity index (χ0n) is 10.3. The van der Waals surface area contributed by atoms with Crippen LogP contribution in [0.1, 0.15) is 43.6 Å². The van der Waals surface area contributed by atoms with Gasteiger partial charge < -0.3 is 10.5 Å². The van der Waals surface area contributed by atoms with Gasteiger partial charge in [-0.25, -0.2) is 0 Å². The van der Waals surface area contributed by atoms with Crippen molar-refractivity contribution >= 4 is 0 Å². The predicted octanol–water partition coefficient (Wildman–Crippen LogP) is 3.07. The lowest BCUT2D eigenvalue weighted by Crippen LogP contribution is -2.29. The predicted molar refractivity (Wildman–Crippen MR) is 69.3 cm³/mol. The van der Waals surface area contributed by atoms with E-state index < -0.39 is 0 Å². The minimum absolute atomic E-state index is 0.394. The molecule has 1 heterocycles. The summed E-state index contributed by atoms with van der Waals surface area (Å²) >= 11 is 0. The summed E-state index contributed by atoms with van der Waals surface area (Å²) in [4.78, 5) is 0. The summed E-state index contributed by atoms with van der Waals surface area (Å²) in [5.41, 5.74) is 7.82. The molecule has 1 atom stereocenters. The SMILES string of the molecule is NCC1(CC2COc3ccccc32)CCCC1. The molecule has 0 bridgehead atoms. The van der Waals surface area contributed by atoms with Gasteiger partial charge in [0.25, 0.3) is 0 Å². The van der Waals surface area contributed by atoms with Crippen LogP contribution >= 0.6 is 0 Å². The second-order valence-electron chi connectivity index (χ2n) is 5.66. The molecule has 0 spiro atoms. The highest BCUT2D eigenvalue weighted by Gasteiger charge is 2.37. The highest BCUT2D eigenvalue weighted by molar-refractivity contribution is 5.39. The van der Waals surface area contributed by atoms with Crippen LogP contribution in [0.4, 0.5) is 0 Å². The van der Waals surface area contributed by atoms with E-state index >= 15 is 0 Å². The minimum Gasteiger partial charge on any atom is -0.493 e. The maximum Gasteiger partial charge on any atom is 0.122 e. The Morgan fingerprint density at radius 1 is 1.24 bits per heavy atom. The van der Waals surface area contributed by atoms with Gasteiger partial charge in [-0.15, -0.1) is 0 Å². The molecule has 0 amide bonds. The molecule has 1 fully saturated rings. The first-order valence-corrected chi connectivity index (χ1v) is 6.75. The monoisotopic (exact) mass is 231 g/mol. The van der Waals surface area contributed by atoms with Crippen molar-refractivity contribution in [3.63, 3.8) is 0 Å². The van der Waals surface area contributed by atoms with Crippen LogP contribution in [-0.2, 0) is 0 Å². The van der Waals surface area contributed by atoms with Gasteiger partial charge in [-0.1, -0.05) is 31.0 Å². The number of nitrogens with two attached hydrogens (primary N) is 1. The van der Waals surface area contributed by atoms with Crippen LogP contribution < -0.4 is 10.5 Å². The molecule has 1 unspecified atom stereocenters. The number of ether oxygens (including phenoxy) is 1. The third-order valence-electron chi connectivity index (χ3n) is 4.58. The van der Waals surface area contributed by atoms with E-state index in [1.807, 2.05) is 0 Å². The normalized spacial score (nSPS) is 25.6. The summed E-state index contributed by atoms with van der Waals surface area (Å²) in [6, 6.07) is 8.46. The average molecular weight is 231 g/mol. The maximum atomic E-state index is 6.03. The fraction of sp³-hybridized carbons (Fsp3) is 0.600. The van der Waals surface area contributed by atoms with Gasteiger partial charge in [-0.2, -0.15) is 0 Å². The van der Waals surface area contributed by atoms with Crippen LogP contribution in [0.5, 0.6) is 5.75 Å². The van der Waals surface area contributed by atoms with Crippen molar-refractivity contribution in [3.8, 4) is 5.75 Å². The molecule has 2 N–H and O–H groups in total. The quantitative estimate of drug-likeness (QED) is 0.867. The summed E-state index contributed by atoms with van der Waals surface area (Å²) in [7, 11) is 0. The lowest BCUT2D eigenvalue weighted by Gasteiger charge is -2.29. The van der Waals surface area contributed by atoms with Crippen LogP contribution in [0.2, 0.25) is 0 Å². The Morgan fingerprint density at radius 3 is 2.76 bits per heavy atom. The number of hydrogen-bond donors (Lipinski definition) is 1. The molecule has 2 aliphatic rings. The molecule has 1 aromatic carbocycles. The fourth-order valence-electron chi connectivity index (χ4n) is 3.54. The summed E-state index contributed by atoms with van der Waals surface area (Å²) in [5.74, 6) is 1.65. The summed E-state index contributed by atoms with van der Waals surface area (Å²) < 4.78 is 5.77. The van der Waals surface area contributed by atoms with Crippen molar-refractivity contribution in [3.05, 3.63) is 29.8 Å². The van der Waals surface area contributed by atoms with Gasteiger partial charge in [0, 0.05) is 11.5 Å². The molecule has 1 saturated carbocycles. The van der Waals surface area contributed by atoms with Crippen molar-refractivity contribution in [2.24, 2.45) is 11.1 Å². The molecule has 3 rings (SSSR count). The lowest BCUT2D eigenvalue weighted by atomic mass is 9.76. The second kappa shape index (κ2) is 4.34. The van der Waals surface area contributed by atoms with Gasteiger partial charge in [-0.05, 0) is 37.3 Å². The molecule has 1 aliphatic carbocycles.